The summed E-state index contributed by atoms with van der Waals surface area (Å²) in [5, 5.41) is 15.2. The van der Waals surface area contributed by atoms with Gasteiger partial charge in [-0.1, -0.05) is 40.2 Å². The van der Waals surface area contributed by atoms with Crippen LogP contribution in [0.5, 0.6) is 6.01 Å². The largest absolute Gasteiger partial charge is 0.462 e. The lowest BCUT2D eigenvalue weighted by Gasteiger charge is -2.37. The molecule has 0 saturated carbocycles. The highest BCUT2D eigenvalue weighted by Crippen LogP contribution is 2.37. The Morgan fingerprint density at radius 1 is 1.13 bits per heavy atom. The van der Waals surface area contributed by atoms with Crippen molar-refractivity contribution < 1.29 is 4.74 Å². The first kappa shape index (κ1) is 25.4. The maximum atomic E-state index is 9.27. The van der Waals surface area contributed by atoms with Gasteiger partial charge >= 0.3 is 6.01 Å². The van der Waals surface area contributed by atoms with E-state index in [-0.39, 0.29) is 6.04 Å². The van der Waals surface area contributed by atoms with Crippen LogP contribution in [0.1, 0.15) is 30.5 Å². The van der Waals surface area contributed by atoms with Crippen LogP contribution in [-0.4, -0.2) is 73.3 Å². The number of likely N-dealkylation sites (tertiary alicyclic amines) is 1. The maximum absolute atomic E-state index is 9.27. The molecule has 0 bridgehead atoms. The fourth-order valence-corrected chi connectivity index (χ4v) is 6.67. The highest BCUT2D eigenvalue weighted by molar-refractivity contribution is 9.10. The van der Waals surface area contributed by atoms with Crippen LogP contribution in [0.3, 0.4) is 0 Å². The zero-order chi connectivity index (χ0) is 26.1. The first-order valence-corrected chi connectivity index (χ1v) is 14.4. The molecule has 38 heavy (non-hydrogen) atoms. The number of fused-ring (bicyclic) bond motifs is 2. The molecule has 6 rings (SSSR count). The minimum Gasteiger partial charge on any atom is -0.462 e. The third kappa shape index (κ3) is 5.05. The van der Waals surface area contributed by atoms with Gasteiger partial charge in [-0.3, -0.25) is 0 Å². The predicted octanol–water partition coefficient (Wildman–Crippen LogP) is 4.12. The number of hydrogen-bond donors (Lipinski definition) is 1. The second-order valence-corrected chi connectivity index (χ2v) is 11.4. The van der Waals surface area contributed by atoms with Gasteiger partial charge in [-0.2, -0.15) is 15.2 Å². The van der Waals surface area contributed by atoms with E-state index in [9.17, 15) is 5.26 Å². The molecule has 1 aromatic heterocycles. The van der Waals surface area contributed by atoms with Gasteiger partial charge in [0, 0.05) is 59.4 Å². The Hall–Kier alpha value is -2.93. The number of rotatable bonds is 6. The Labute approximate surface area is 232 Å². The van der Waals surface area contributed by atoms with Crippen LogP contribution in [0.2, 0.25) is 0 Å². The topological polar surface area (TPSA) is 80.5 Å². The second-order valence-electron chi connectivity index (χ2n) is 10.6. The molecule has 3 aliphatic rings. The van der Waals surface area contributed by atoms with Gasteiger partial charge in [-0.25, -0.2) is 0 Å². The third-order valence-electron chi connectivity index (χ3n) is 8.16. The van der Waals surface area contributed by atoms with Gasteiger partial charge in [0.2, 0.25) is 0 Å². The molecule has 0 spiro atoms. The van der Waals surface area contributed by atoms with E-state index in [1.807, 2.05) is 0 Å². The molecule has 2 fully saturated rings. The molecule has 2 atom stereocenters. The number of ether oxygens (including phenoxy) is 1. The quantitative estimate of drug-likeness (QED) is 0.470. The smallest absolute Gasteiger partial charge is 0.318 e. The summed E-state index contributed by atoms with van der Waals surface area (Å²) in [6, 6.07) is 16.2. The van der Waals surface area contributed by atoms with Gasteiger partial charge in [-0.15, -0.1) is 0 Å². The fraction of sp³-hybridized carbons (Fsp3) is 0.483. The SMILES string of the molecule is CN1CCCC1COc1nc2c(c(N3CCN[C@@H](CC#N)C3)n1)CCN(c1cccc3cccc(Br)c13)C2. The number of piperazine rings is 1. The normalized spacial score (nSPS) is 21.9. The van der Waals surface area contributed by atoms with Crippen LogP contribution >= 0.6 is 15.9 Å². The summed E-state index contributed by atoms with van der Waals surface area (Å²) in [4.78, 5) is 17.1. The molecule has 3 aromatic rings. The summed E-state index contributed by atoms with van der Waals surface area (Å²) in [5.41, 5.74) is 3.46. The zero-order valence-corrected chi connectivity index (χ0v) is 23.5. The van der Waals surface area contributed by atoms with Crippen LogP contribution in [0, 0.1) is 11.3 Å². The van der Waals surface area contributed by atoms with Crippen molar-refractivity contribution in [2.75, 3.05) is 56.2 Å². The molecule has 8 nitrogen and oxygen atoms in total. The molecule has 4 heterocycles. The average Bonchev–Trinajstić information content (AvgIpc) is 3.35. The molecule has 0 aliphatic carbocycles. The zero-order valence-electron chi connectivity index (χ0n) is 21.9. The monoisotopic (exact) mass is 575 g/mol. The average molecular weight is 577 g/mol. The lowest BCUT2D eigenvalue weighted by Crippen LogP contribution is -2.51. The number of halogens is 1. The van der Waals surface area contributed by atoms with Crippen LogP contribution in [0.25, 0.3) is 10.8 Å². The summed E-state index contributed by atoms with van der Waals surface area (Å²) in [6.45, 7) is 5.78. The number of anilines is 2. The minimum absolute atomic E-state index is 0.143. The highest BCUT2D eigenvalue weighted by atomic mass is 79.9. The molecule has 1 unspecified atom stereocenters. The molecule has 3 aliphatic heterocycles. The number of aromatic nitrogens is 2. The van der Waals surface area contributed by atoms with E-state index < -0.39 is 0 Å². The summed E-state index contributed by atoms with van der Waals surface area (Å²) >= 11 is 3.79. The Morgan fingerprint density at radius 2 is 2.00 bits per heavy atom. The van der Waals surface area contributed by atoms with E-state index >= 15 is 0 Å². The number of nitrogens with zero attached hydrogens (tertiary/aromatic N) is 6. The summed E-state index contributed by atoms with van der Waals surface area (Å²) in [5.74, 6) is 0.980. The van der Waals surface area contributed by atoms with Gasteiger partial charge in [0.25, 0.3) is 0 Å². The van der Waals surface area contributed by atoms with Crippen molar-refractivity contribution in [1.29, 1.82) is 5.26 Å². The van der Waals surface area contributed by atoms with Gasteiger partial charge < -0.3 is 24.8 Å². The van der Waals surface area contributed by atoms with Crippen LogP contribution in [0.15, 0.2) is 40.9 Å². The first-order valence-electron chi connectivity index (χ1n) is 13.6. The molecule has 2 aromatic carbocycles. The van der Waals surface area contributed by atoms with Crippen LogP contribution in [-0.2, 0) is 13.0 Å². The van der Waals surface area contributed by atoms with Crippen molar-refractivity contribution in [2.24, 2.45) is 0 Å². The predicted molar refractivity (Wildman–Crippen MR) is 154 cm³/mol. The van der Waals surface area contributed by atoms with Gasteiger partial charge in [0.15, 0.2) is 0 Å². The van der Waals surface area contributed by atoms with Crippen molar-refractivity contribution in [3.63, 3.8) is 0 Å². The minimum atomic E-state index is 0.143. The number of nitriles is 1. The second kappa shape index (κ2) is 11.0. The molecule has 0 amide bonds. The number of nitrogens with one attached hydrogen (secondary N) is 1. The summed E-state index contributed by atoms with van der Waals surface area (Å²) < 4.78 is 7.38. The standard InChI is InChI=1S/C29H34BrN7O/c1-35-14-4-7-22(35)19-38-29-33-25-18-36(26-9-3-6-20-5-2-8-24(30)27(20)26)15-11-23(25)28(34-29)37-16-13-32-21(17-37)10-12-31/h2-3,5-6,8-9,21-22,32H,4,7,10-11,13-19H2,1H3/t21-,22?/m0/s1. The van der Waals surface area contributed by atoms with Crippen LogP contribution < -0.4 is 19.9 Å². The summed E-state index contributed by atoms with van der Waals surface area (Å²) in [6.07, 6.45) is 3.71. The number of benzene rings is 2. The van der Waals surface area contributed by atoms with E-state index in [1.54, 1.807) is 0 Å². The van der Waals surface area contributed by atoms with E-state index in [0.717, 1.165) is 61.5 Å². The molecular formula is C29H34BrN7O. The lowest BCUT2D eigenvalue weighted by molar-refractivity contribution is 0.187. The molecule has 2 saturated heterocycles. The van der Waals surface area contributed by atoms with E-state index in [0.29, 0.717) is 31.6 Å². The summed E-state index contributed by atoms with van der Waals surface area (Å²) in [7, 11) is 2.16. The van der Waals surface area contributed by atoms with Crippen LogP contribution in [0.4, 0.5) is 11.5 Å². The molecule has 9 heteroatoms. The number of likely N-dealkylation sites (N-methyl/N-ethyl adjacent to an activating group) is 1. The number of hydrogen-bond acceptors (Lipinski definition) is 8. The Balaban J connectivity index is 1.34. The Bertz CT molecular complexity index is 1350. The van der Waals surface area contributed by atoms with Crippen molar-refractivity contribution >= 4 is 38.2 Å². The fourth-order valence-electron chi connectivity index (χ4n) is 6.09. The van der Waals surface area contributed by atoms with Gasteiger partial charge in [-0.05, 0) is 50.4 Å². The molecule has 1 N–H and O–H groups in total. The highest BCUT2D eigenvalue weighted by Gasteiger charge is 2.30. The van der Waals surface area contributed by atoms with E-state index in [4.69, 9.17) is 14.7 Å². The van der Waals surface area contributed by atoms with Gasteiger partial charge in [0.1, 0.15) is 12.4 Å². The molecule has 198 valence electrons. The van der Waals surface area contributed by atoms with Crippen molar-refractivity contribution in [1.82, 2.24) is 20.2 Å². The Kier molecular flexibility index (Phi) is 7.37. The van der Waals surface area contributed by atoms with Crippen molar-refractivity contribution in [3.8, 4) is 12.1 Å². The van der Waals surface area contributed by atoms with E-state index in [1.165, 1.54) is 28.4 Å². The van der Waals surface area contributed by atoms with Gasteiger partial charge in [0.05, 0.1) is 24.7 Å². The lowest BCUT2D eigenvalue weighted by atomic mass is 10.0. The maximum Gasteiger partial charge on any atom is 0.318 e. The molecular weight excluding hydrogens is 542 g/mol. The third-order valence-corrected chi connectivity index (χ3v) is 8.83. The first-order chi connectivity index (χ1) is 18.6. The van der Waals surface area contributed by atoms with Crippen molar-refractivity contribution in [2.45, 2.75) is 44.3 Å². The van der Waals surface area contributed by atoms with Crippen molar-refractivity contribution in [3.05, 3.63) is 52.1 Å². The van der Waals surface area contributed by atoms with E-state index in [2.05, 4.69) is 85.5 Å². The Morgan fingerprint density at radius 3 is 2.82 bits per heavy atom. The molecule has 0 radical (unpaired) electrons.